The summed E-state index contributed by atoms with van der Waals surface area (Å²) in [5.41, 5.74) is 0. The zero-order chi connectivity index (χ0) is 10.2. The van der Waals surface area contributed by atoms with Crippen molar-refractivity contribution in [2.75, 3.05) is 0 Å². The van der Waals surface area contributed by atoms with Gasteiger partial charge in [-0.2, -0.15) is 0 Å². The van der Waals surface area contributed by atoms with Crippen molar-refractivity contribution < 1.29 is 9.84 Å². The molecule has 1 heterocycles. The van der Waals surface area contributed by atoms with Crippen LogP contribution in [-0.4, -0.2) is 17.5 Å². The number of ether oxygens (including phenoxy) is 1. The molecular formula is C12H24O2. The summed E-state index contributed by atoms with van der Waals surface area (Å²) in [6.45, 7) is 2.22. The molecule has 14 heavy (non-hydrogen) atoms. The molecule has 2 unspecified atom stereocenters. The van der Waals surface area contributed by atoms with Gasteiger partial charge in [-0.3, -0.25) is 0 Å². The Bertz CT molecular complexity index is 136. The Labute approximate surface area is 87.7 Å². The van der Waals surface area contributed by atoms with Gasteiger partial charge in [0.2, 0.25) is 0 Å². The van der Waals surface area contributed by atoms with E-state index in [2.05, 4.69) is 6.92 Å². The Balaban J connectivity index is 2.18. The molecule has 2 heteroatoms. The van der Waals surface area contributed by atoms with Crippen molar-refractivity contribution in [2.45, 2.75) is 77.1 Å². The first kappa shape index (κ1) is 12.0. The summed E-state index contributed by atoms with van der Waals surface area (Å²) < 4.78 is 5.59. The summed E-state index contributed by atoms with van der Waals surface area (Å²) in [4.78, 5) is 0. The first-order valence-corrected chi connectivity index (χ1v) is 6.16. The van der Waals surface area contributed by atoms with Gasteiger partial charge in [0.05, 0.1) is 6.10 Å². The molecule has 0 saturated carbocycles. The second-order valence-electron chi connectivity index (χ2n) is 4.35. The fourth-order valence-corrected chi connectivity index (χ4v) is 2.06. The largest absolute Gasteiger partial charge is 0.368 e. The van der Waals surface area contributed by atoms with Gasteiger partial charge in [0.25, 0.3) is 0 Å². The Morgan fingerprint density at radius 3 is 2.71 bits per heavy atom. The molecule has 1 aliphatic heterocycles. The molecule has 84 valence electrons. The van der Waals surface area contributed by atoms with Gasteiger partial charge < -0.3 is 9.84 Å². The lowest BCUT2D eigenvalue weighted by Gasteiger charge is -2.24. The lowest BCUT2D eigenvalue weighted by atomic mass is 10.0. The maximum Gasteiger partial charge on any atom is 0.154 e. The normalized spacial score (nSPS) is 29.6. The molecular weight excluding hydrogens is 176 g/mol. The van der Waals surface area contributed by atoms with Gasteiger partial charge in [-0.05, 0) is 25.7 Å². The van der Waals surface area contributed by atoms with Crippen molar-refractivity contribution in [3.63, 3.8) is 0 Å². The molecule has 1 rings (SSSR count). The third kappa shape index (κ3) is 4.97. The number of hydrogen-bond acceptors (Lipinski definition) is 2. The standard InChI is InChI=1S/C12H24O2/c1-2-3-5-8-11-9-6-4-7-10-12(13)14-11/h11-13H,2-10H2,1H3. The zero-order valence-corrected chi connectivity index (χ0v) is 9.37. The zero-order valence-electron chi connectivity index (χ0n) is 9.37. The van der Waals surface area contributed by atoms with Crippen LogP contribution in [-0.2, 0) is 4.74 Å². The van der Waals surface area contributed by atoms with Gasteiger partial charge in [-0.25, -0.2) is 0 Å². The van der Waals surface area contributed by atoms with E-state index in [0.29, 0.717) is 6.10 Å². The van der Waals surface area contributed by atoms with Crippen LogP contribution in [0.3, 0.4) is 0 Å². The highest BCUT2D eigenvalue weighted by atomic mass is 16.6. The molecule has 2 atom stereocenters. The first-order valence-electron chi connectivity index (χ1n) is 6.16. The molecule has 0 amide bonds. The van der Waals surface area contributed by atoms with Crippen molar-refractivity contribution in [1.82, 2.24) is 0 Å². The predicted molar refractivity (Wildman–Crippen MR) is 58.1 cm³/mol. The topological polar surface area (TPSA) is 29.5 Å². The highest BCUT2D eigenvalue weighted by Crippen LogP contribution is 2.20. The maximum absolute atomic E-state index is 9.52. The summed E-state index contributed by atoms with van der Waals surface area (Å²) in [6.07, 6.45) is 10.3. The van der Waals surface area contributed by atoms with E-state index in [1.54, 1.807) is 0 Å². The molecule has 1 aliphatic rings. The first-order chi connectivity index (χ1) is 6.83. The fourth-order valence-electron chi connectivity index (χ4n) is 2.06. The molecule has 0 spiro atoms. The molecule has 0 bridgehead atoms. The second-order valence-corrected chi connectivity index (χ2v) is 4.35. The minimum Gasteiger partial charge on any atom is -0.368 e. The number of aliphatic hydroxyl groups excluding tert-OH is 1. The van der Waals surface area contributed by atoms with E-state index in [1.807, 2.05) is 0 Å². The third-order valence-electron chi connectivity index (χ3n) is 2.96. The molecule has 0 aliphatic carbocycles. The average molecular weight is 200 g/mol. The Kier molecular flexibility index (Phi) is 6.20. The number of unbranched alkanes of at least 4 members (excludes halogenated alkanes) is 2. The lowest BCUT2D eigenvalue weighted by Crippen LogP contribution is -2.23. The highest BCUT2D eigenvalue weighted by Gasteiger charge is 2.16. The van der Waals surface area contributed by atoms with Crippen LogP contribution in [0.4, 0.5) is 0 Å². The average Bonchev–Trinajstić information content (AvgIpc) is 2.13. The van der Waals surface area contributed by atoms with Gasteiger partial charge in [0.15, 0.2) is 6.29 Å². The molecule has 1 saturated heterocycles. The Morgan fingerprint density at radius 1 is 1.14 bits per heavy atom. The molecule has 2 nitrogen and oxygen atoms in total. The number of hydrogen-bond donors (Lipinski definition) is 1. The van der Waals surface area contributed by atoms with E-state index in [9.17, 15) is 5.11 Å². The van der Waals surface area contributed by atoms with Crippen LogP contribution >= 0.6 is 0 Å². The predicted octanol–water partition coefficient (Wildman–Crippen LogP) is 3.23. The lowest BCUT2D eigenvalue weighted by molar-refractivity contribution is -0.148. The quantitative estimate of drug-likeness (QED) is 0.706. The van der Waals surface area contributed by atoms with Crippen LogP contribution in [0.1, 0.15) is 64.7 Å². The molecule has 0 radical (unpaired) electrons. The number of rotatable bonds is 4. The molecule has 1 fully saturated rings. The van der Waals surface area contributed by atoms with Crippen LogP contribution < -0.4 is 0 Å². The van der Waals surface area contributed by atoms with Crippen molar-refractivity contribution in [2.24, 2.45) is 0 Å². The second kappa shape index (κ2) is 7.24. The van der Waals surface area contributed by atoms with Gasteiger partial charge in [-0.15, -0.1) is 0 Å². The van der Waals surface area contributed by atoms with Crippen molar-refractivity contribution in [3.8, 4) is 0 Å². The van der Waals surface area contributed by atoms with E-state index in [4.69, 9.17) is 4.74 Å². The fraction of sp³-hybridized carbons (Fsp3) is 1.00. The maximum atomic E-state index is 9.52. The van der Waals surface area contributed by atoms with E-state index in [-0.39, 0.29) is 0 Å². The molecule has 1 N–H and O–H groups in total. The molecule has 0 aromatic carbocycles. The van der Waals surface area contributed by atoms with E-state index in [0.717, 1.165) is 25.7 Å². The third-order valence-corrected chi connectivity index (χ3v) is 2.96. The molecule has 0 aromatic rings. The smallest absolute Gasteiger partial charge is 0.154 e. The van der Waals surface area contributed by atoms with Crippen LogP contribution in [0.15, 0.2) is 0 Å². The Hall–Kier alpha value is -0.0800. The SMILES string of the molecule is CCCCCC1CCCCCC(O)O1. The van der Waals surface area contributed by atoms with E-state index in [1.165, 1.54) is 32.1 Å². The van der Waals surface area contributed by atoms with Crippen LogP contribution in [0, 0.1) is 0 Å². The van der Waals surface area contributed by atoms with E-state index >= 15 is 0 Å². The van der Waals surface area contributed by atoms with Crippen LogP contribution in [0.25, 0.3) is 0 Å². The van der Waals surface area contributed by atoms with Gasteiger partial charge in [0, 0.05) is 0 Å². The van der Waals surface area contributed by atoms with Crippen LogP contribution in [0.2, 0.25) is 0 Å². The minimum atomic E-state index is -0.498. The summed E-state index contributed by atoms with van der Waals surface area (Å²) in [5.74, 6) is 0. The Morgan fingerprint density at radius 2 is 1.93 bits per heavy atom. The summed E-state index contributed by atoms with van der Waals surface area (Å²) in [7, 11) is 0. The van der Waals surface area contributed by atoms with Crippen molar-refractivity contribution in [3.05, 3.63) is 0 Å². The minimum absolute atomic E-state index is 0.317. The highest BCUT2D eigenvalue weighted by molar-refractivity contribution is 4.63. The van der Waals surface area contributed by atoms with Crippen molar-refractivity contribution in [1.29, 1.82) is 0 Å². The van der Waals surface area contributed by atoms with Gasteiger partial charge in [-0.1, -0.05) is 39.0 Å². The summed E-state index contributed by atoms with van der Waals surface area (Å²) in [5, 5.41) is 9.52. The van der Waals surface area contributed by atoms with Gasteiger partial charge >= 0.3 is 0 Å². The van der Waals surface area contributed by atoms with Crippen LogP contribution in [0.5, 0.6) is 0 Å². The summed E-state index contributed by atoms with van der Waals surface area (Å²) in [6, 6.07) is 0. The van der Waals surface area contributed by atoms with Gasteiger partial charge in [0.1, 0.15) is 0 Å². The molecule has 0 aromatic heterocycles. The summed E-state index contributed by atoms with van der Waals surface area (Å²) >= 11 is 0. The van der Waals surface area contributed by atoms with Crippen molar-refractivity contribution >= 4 is 0 Å². The number of aliphatic hydroxyl groups is 1. The van der Waals surface area contributed by atoms with E-state index < -0.39 is 6.29 Å². The monoisotopic (exact) mass is 200 g/mol.